The third-order valence-corrected chi connectivity index (χ3v) is 2.01. The Labute approximate surface area is 90.7 Å². The van der Waals surface area contributed by atoms with Crippen molar-refractivity contribution in [3.05, 3.63) is 40.4 Å². The second kappa shape index (κ2) is 3.90. The molecule has 0 aliphatic heterocycles. The van der Waals surface area contributed by atoms with Crippen LogP contribution in [-0.4, -0.2) is 21.9 Å². The summed E-state index contributed by atoms with van der Waals surface area (Å²) in [5.41, 5.74) is 0.616. The van der Waals surface area contributed by atoms with Gasteiger partial charge in [0.1, 0.15) is 17.5 Å². The second-order valence-electron chi connectivity index (χ2n) is 3.00. The molecule has 0 radical (unpaired) electrons. The molecular weight excluding hydrogens is 208 g/mol. The summed E-state index contributed by atoms with van der Waals surface area (Å²) in [6.45, 7) is 0. The first-order chi connectivity index (χ1) is 7.74. The van der Waals surface area contributed by atoms with Crippen molar-refractivity contribution in [2.75, 3.05) is 7.11 Å². The molecule has 0 bridgehead atoms. The van der Waals surface area contributed by atoms with E-state index in [1.165, 1.54) is 17.9 Å². The van der Waals surface area contributed by atoms with E-state index in [4.69, 9.17) is 10.00 Å². The van der Waals surface area contributed by atoms with Crippen LogP contribution in [0.4, 0.5) is 0 Å². The highest BCUT2D eigenvalue weighted by molar-refractivity contribution is 5.43. The lowest BCUT2D eigenvalue weighted by molar-refractivity contribution is 0.394. The molecule has 6 nitrogen and oxygen atoms in total. The predicted octanol–water partition coefficient (Wildman–Crippen LogP) is 0.441. The minimum absolute atomic E-state index is 0.216. The van der Waals surface area contributed by atoms with Gasteiger partial charge in [0, 0.05) is 12.3 Å². The molecule has 2 aromatic heterocycles. The van der Waals surface area contributed by atoms with Crippen LogP contribution in [0.25, 0.3) is 5.69 Å². The number of nitriles is 1. The van der Waals surface area contributed by atoms with E-state index in [2.05, 4.69) is 10.1 Å². The lowest BCUT2D eigenvalue weighted by atomic mass is 10.3. The minimum atomic E-state index is -0.216. The fourth-order valence-electron chi connectivity index (χ4n) is 1.30. The van der Waals surface area contributed by atoms with Gasteiger partial charge in [-0.2, -0.15) is 5.26 Å². The smallest absolute Gasteiger partial charge is 0.264 e. The van der Waals surface area contributed by atoms with Crippen LogP contribution >= 0.6 is 0 Å². The predicted molar refractivity (Wildman–Crippen MR) is 55.5 cm³/mol. The maximum absolute atomic E-state index is 11.0. The Hall–Kier alpha value is -2.55. The van der Waals surface area contributed by atoms with Gasteiger partial charge in [-0.1, -0.05) is 0 Å². The Bertz CT molecular complexity index is 606. The van der Waals surface area contributed by atoms with Crippen LogP contribution in [0.2, 0.25) is 0 Å². The number of aromatic amines is 1. The zero-order chi connectivity index (χ0) is 11.5. The van der Waals surface area contributed by atoms with Gasteiger partial charge in [0.25, 0.3) is 5.56 Å². The van der Waals surface area contributed by atoms with Crippen LogP contribution in [0.15, 0.2) is 29.2 Å². The van der Waals surface area contributed by atoms with Gasteiger partial charge in [-0.3, -0.25) is 14.6 Å². The standard InChI is InChI=1S/C10H8N4O2/c1-16-10-8(3-2-7(6-11)12-10)14-5-4-9(15)13-14/h2-5H,1H3,(H,13,15). The van der Waals surface area contributed by atoms with Crippen LogP contribution in [0.5, 0.6) is 5.88 Å². The number of H-pyrrole nitrogens is 1. The summed E-state index contributed by atoms with van der Waals surface area (Å²) >= 11 is 0. The molecule has 2 aromatic rings. The zero-order valence-corrected chi connectivity index (χ0v) is 8.47. The van der Waals surface area contributed by atoms with Gasteiger partial charge < -0.3 is 4.74 Å². The molecular formula is C10H8N4O2. The first-order valence-corrected chi connectivity index (χ1v) is 4.48. The van der Waals surface area contributed by atoms with Crippen molar-refractivity contribution >= 4 is 0 Å². The normalized spacial score (nSPS) is 9.75. The van der Waals surface area contributed by atoms with Crippen molar-refractivity contribution in [1.29, 1.82) is 5.26 Å². The van der Waals surface area contributed by atoms with E-state index in [0.717, 1.165) is 0 Å². The van der Waals surface area contributed by atoms with Gasteiger partial charge in [-0.05, 0) is 12.1 Å². The number of ether oxygens (including phenoxy) is 1. The number of nitrogens with one attached hydrogen (secondary N) is 1. The number of pyridine rings is 1. The van der Waals surface area contributed by atoms with Crippen molar-refractivity contribution in [3.63, 3.8) is 0 Å². The summed E-state index contributed by atoms with van der Waals surface area (Å²) in [5, 5.41) is 11.3. The number of hydrogen-bond acceptors (Lipinski definition) is 4. The molecule has 80 valence electrons. The van der Waals surface area contributed by atoms with Gasteiger partial charge in [0.05, 0.1) is 7.11 Å². The molecule has 0 aliphatic carbocycles. The summed E-state index contributed by atoms with van der Waals surface area (Å²) < 4.78 is 6.53. The van der Waals surface area contributed by atoms with Crippen molar-refractivity contribution in [2.45, 2.75) is 0 Å². The van der Waals surface area contributed by atoms with E-state index in [1.807, 2.05) is 6.07 Å². The van der Waals surface area contributed by atoms with Crippen LogP contribution in [-0.2, 0) is 0 Å². The van der Waals surface area contributed by atoms with Gasteiger partial charge in [0.2, 0.25) is 5.88 Å². The Morgan fingerprint density at radius 2 is 2.31 bits per heavy atom. The second-order valence-corrected chi connectivity index (χ2v) is 3.00. The van der Waals surface area contributed by atoms with Crippen molar-refractivity contribution in [2.24, 2.45) is 0 Å². The first-order valence-electron chi connectivity index (χ1n) is 4.48. The van der Waals surface area contributed by atoms with E-state index >= 15 is 0 Å². The van der Waals surface area contributed by atoms with Crippen LogP contribution in [0.1, 0.15) is 5.69 Å². The molecule has 2 heterocycles. The van der Waals surface area contributed by atoms with E-state index in [9.17, 15) is 4.79 Å². The summed E-state index contributed by atoms with van der Waals surface area (Å²) in [5.74, 6) is 0.283. The van der Waals surface area contributed by atoms with Gasteiger partial charge in [-0.15, -0.1) is 0 Å². The topological polar surface area (TPSA) is 83.7 Å². The Kier molecular flexibility index (Phi) is 2.44. The molecule has 0 spiro atoms. The zero-order valence-electron chi connectivity index (χ0n) is 8.47. The van der Waals surface area contributed by atoms with Crippen molar-refractivity contribution in [1.82, 2.24) is 14.8 Å². The summed E-state index contributed by atoms with van der Waals surface area (Å²) in [4.78, 5) is 15.0. The third kappa shape index (κ3) is 1.66. The average molecular weight is 216 g/mol. The van der Waals surface area contributed by atoms with Crippen LogP contribution in [0, 0.1) is 11.3 Å². The first kappa shape index (κ1) is 9.98. The Morgan fingerprint density at radius 1 is 1.50 bits per heavy atom. The largest absolute Gasteiger partial charge is 0.479 e. The Morgan fingerprint density at radius 3 is 2.88 bits per heavy atom. The summed E-state index contributed by atoms with van der Waals surface area (Å²) in [6, 6.07) is 6.50. The number of nitrogens with zero attached hydrogens (tertiary/aromatic N) is 3. The van der Waals surface area contributed by atoms with E-state index in [1.54, 1.807) is 18.3 Å². The molecule has 16 heavy (non-hydrogen) atoms. The number of rotatable bonds is 2. The molecule has 0 unspecified atom stereocenters. The van der Waals surface area contributed by atoms with E-state index in [-0.39, 0.29) is 17.1 Å². The molecule has 0 atom stereocenters. The maximum Gasteiger partial charge on any atom is 0.264 e. The highest BCUT2D eigenvalue weighted by atomic mass is 16.5. The van der Waals surface area contributed by atoms with Gasteiger partial charge in [0.15, 0.2) is 0 Å². The molecule has 0 aliphatic rings. The minimum Gasteiger partial charge on any atom is -0.479 e. The highest BCUT2D eigenvalue weighted by Gasteiger charge is 2.08. The lowest BCUT2D eigenvalue weighted by Crippen LogP contribution is -2.06. The van der Waals surface area contributed by atoms with E-state index in [0.29, 0.717) is 5.69 Å². The fourth-order valence-corrected chi connectivity index (χ4v) is 1.30. The van der Waals surface area contributed by atoms with Gasteiger partial charge in [-0.25, -0.2) is 4.98 Å². The highest BCUT2D eigenvalue weighted by Crippen LogP contribution is 2.18. The quantitative estimate of drug-likeness (QED) is 0.789. The molecule has 0 aromatic carbocycles. The average Bonchev–Trinajstić information content (AvgIpc) is 2.74. The monoisotopic (exact) mass is 216 g/mol. The third-order valence-electron chi connectivity index (χ3n) is 2.01. The summed E-state index contributed by atoms with van der Waals surface area (Å²) in [6.07, 6.45) is 1.56. The molecule has 2 rings (SSSR count). The molecule has 6 heteroatoms. The molecule has 0 saturated heterocycles. The van der Waals surface area contributed by atoms with Crippen LogP contribution < -0.4 is 10.3 Å². The molecule has 0 saturated carbocycles. The lowest BCUT2D eigenvalue weighted by Gasteiger charge is -2.07. The Balaban J connectivity index is 2.57. The number of aromatic nitrogens is 3. The van der Waals surface area contributed by atoms with Crippen molar-refractivity contribution < 1.29 is 4.74 Å². The van der Waals surface area contributed by atoms with Crippen LogP contribution in [0.3, 0.4) is 0 Å². The summed E-state index contributed by atoms with van der Waals surface area (Å²) in [7, 11) is 1.45. The SMILES string of the molecule is COc1nc(C#N)ccc1-n1ccc(=O)[nH]1. The number of hydrogen-bond donors (Lipinski definition) is 1. The molecule has 1 N–H and O–H groups in total. The fraction of sp³-hybridized carbons (Fsp3) is 0.100. The maximum atomic E-state index is 11.0. The number of methoxy groups -OCH3 is 1. The van der Waals surface area contributed by atoms with Gasteiger partial charge >= 0.3 is 0 Å². The molecule has 0 amide bonds. The van der Waals surface area contributed by atoms with E-state index < -0.39 is 0 Å². The van der Waals surface area contributed by atoms with Crippen molar-refractivity contribution in [3.8, 4) is 17.6 Å². The molecule has 0 fully saturated rings.